The van der Waals surface area contributed by atoms with Crippen LogP contribution in [0, 0.1) is 0 Å². The molecular formula is C7H13FN2O. The Kier molecular flexibility index (Phi) is 2.44. The monoisotopic (exact) mass is 160 g/mol. The van der Waals surface area contributed by atoms with Gasteiger partial charge in [0.05, 0.1) is 19.1 Å². The standard InChI is InChI=1S/C7H13FN2O/c1-2-6(9)7(11)10-3-5(8)4-10/h5-6H,2-4,9H2,1H3/t6-/m1/s1. The van der Waals surface area contributed by atoms with Crippen molar-refractivity contribution >= 4 is 5.91 Å². The molecule has 1 aliphatic rings. The lowest BCUT2D eigenvalue weighted by molar-refractivity contribution is -0.139. The molecule has 64 valence electrons. The summed E-state index contributed by atoms with van der Waals surface area (Å²) in [6.07, 6.45) is -0.213. The van der Waals surface area contributed by atoms with Gasteiger partial charge in [0.2, 0.25) is 5.91 Å². The SMILES string of the molecule is CC[C@@H](N)C(=O)N1CC(F)C1. The molecule has 1 rings (SSSR count). The van der Waals surface area contributed by atoms with Crippen molar-refractivity contribution in [1.82, 2.24) is 4.90 Å². The first-order chi connectivity index (χ1) is 5.15. The fourth-order valence-electron chi connectivity index (χ4n) is 1.01. The first-order valence-electron chi connectivity index (χ1n) is 3.83. The molecule has 3 nitrogen and oxygen atoms in total. The van der Waals surface area contributed by atoms with E-state index in [-0.39, 0.29) is 19.0 Å². The highest BCUT2D eigenvalue weighted by Gasteiger charge is 2.32. The van der Waals surface area contributed by atoms with Gasteiger partial charge in [-0.05, 0) is 6.42 Å². The summed E-state index contributed by atoms with van der Waals surface area (Å²) in [6.45, 7) is 2.30. The number of hydrogen-bond donors (Lipinski definition) is 1. The average Bonchev–Trinajstić information content (AvgIpc) is 1.96. The zero-order valence-electron chi connectivity index (χ0n) is 6.59. The summed E-state index contributed by atoms with van der Waals surface area (Å²) in [5.41, 5.74) is 5.46. The first-order valence-corrected chi connectivity index (χ1v) is 3.83. The molecule has 0 spiro atoms. The molecule has 0 aromatic heterocycles. The molecule has 2 N–H and O–H groups in total. The summed E-state index contributed by atoms with van der Waals surface area (Å²) < 4.78 is 12.3. The van der Waals surface area contributed by atoms with E-state index in [4.69, 9.17) is 5.73 Å². The van der Waals surface area contributed by atoms with E-state index < -0.39 is 12.2 Å². The third-order valence-electron chi connectivity index (χ3n) is 1.91. The van der Waals surface area contributed by atoms with Crippen LogP contribution >= 0.6 is 0 Å². The molecule has 1 atom stereocenters. The summed E-state index contributed by atoms with van der Waals surface area (Å²) >= 11 is 0. The lowest BCUT2D eigenvalue weighted by atomic mass is 10.1. The first kappa shape index (κ1) is 8.46. The van der Waals surface area contributed by atoms with Gasteiger partial charge in [0.15, 0.2) is 0 Å². The highest BCUT2D eigenvalue weighted by atomic mass is 19.1. The molecule has 1 fully saturated rings. The van der Waals surface area contributed by atoms with Crippen molar-refractivity contribution in [2.75, 3.05) is 13.1 Å². The molecule has 0 aromatic carbocycles. The van der Waals surface area contributed by atoms with Crippen molar-refractivity contribution in [3.63, 3.8) is 0 Å². The van der Waals surface area contributed by atoms with E-state index in [1.165, 1.54) is 4.90 Å². The Bertz CT molecular complexity index is 157. The summed E-state index contributed by atoms with van der Waals surface area (Å²) in [4.78, 5) is 12.6. The van der Waals surface area contributed by atoms with Crippen LogP contribution in [0.25, 0.3) is 0 Å². The van der Waals surface area contributed by atoms with E-state index in [9.17, 15) is 9.18 Å². The number of rotatable bonds is 2. The molecule has 0 saturated carbocycles. The number of hydrogen-bond acceptors (Lipinski definition) is 2. The Hall–Kier alpha value is -0.640. The van der Waals surface area contributed by atoms with E-state index in [1.807, 2.05) is 6.92 Å². The normalized spacial score (nSPS) is 21.2. The predicted octanol–water partition coefficient (Wildman–Crippen LogP) is -0.0960. The summed E-state index contributed by atoms with van der Waals surface area (Å²) in [5.74, 6) is -0.124. The van der Waals surface area contributed by atoms with Gasteiger partial charge in [-0.2, -0.15) is 0 Å². The van der Waals surface area contributed by atoms with Gasteiger partial charge in [0.1, 0.15) is 6.17 Å². The molecule has 0 aromatic rings. The maximum Gasteiger partial charge on any atom is 0.239 e. The lowest BCUT2D eigenvalue weighted by Crippen LogP contribution is -2.56. The van der Waals surface area contributed by atoms with Crippen LogP contribution in [0.4, 0.5) is 4.39 Å². The van der Waals surface area contributed by atoms with Crippen LogP contribution in [0.5, 0.6) is 0 Å². The van der Waals surface area contributed by atoms with Crippen molar-refractivity contribution in [2.45, 2.75) is 25.6 Å². The van der Waals surface area contributed by atoms with Gasteiger partial charge in [-0.15, -0.1) is 0 Å². The molecule has 1 aliphatic heterocycles. The van der Waals surface area contributed by atoms with Crippen LogP contribution in [0.15, 0.2) is 0 Å². The van der Waals surface area contributed by atoms with E-state index in [0.29, 0.717) is 6.42 Å². The Morgan fingerprint density at radius 2 is 2.36 bits per heavy atom. The quantitative estimate of drug-likeness (QED) is 0.613. The third kappa shape index (κ3) is 1.68. The van der Waals surface area contributed by atoms with Gasteiger partial charge < -0.3 is 10.6 Å². The number of halogens is 1. The van der Waals surface area contributed by atoms with E-state index >= 15 is 0 Å². The Balaban J connectivity index is 2.31. The fraction of sp³-hybridized carbons (Fsp3) is 0.857. The molecule has 0 aliphatic carbocycles. The molecular weight excluding hydrogens is 147 g/mol. The van der Waals surface area contributed by atoms with Gasteiger partial charge in [-0.3, -0.25) is 4.79 Å². The maximum atomic E-state index is 12.3. The minimum Gasteiger partial charge on any atom is -0.335 e. The molecule has 1 heterocycles. The van der Waals surface area contributed by atoms with Gasteiger partial charge in [0.25, 0.3) is 0 Å². The molecule has 11 heavy (non-hydrogen) atoms. The summed E-state index contributed by atoms with van der Waals surface area (Å²) in [6, 6.07) is -0.442. The van der Waals surface area contributed by atoms with E-state index in [1.54, 1.807) is 0 Å². The van der Waals surface area contributed by atoms with Gasteiger partial charge in [-0.1, -0.05) is 6.92 Å². The fourth-order valence-corrected chi connectivity index (χ4v) is 1.01. The smallest absolute Gasteiger partial charge is 0.239 e. The van der Waals surface area contributed by atoms with E-state index in [2.05, 4.69) is 0 Å². The second kappa shape index (κ2) is 3.17. The van der Waals surface area contributed by atoms with Gasteiger partial charge >= 0.3 is 0 Å². The van der Waals surface area contributed by atoms with Crippen molar-refractivity contribution in [3.05, 3.63) is 0 Å². The van der Waals surface area contributed by atoms with Crippen LogP contribution in [0.2, 0.25) is 0 Å². The molecule has 0 unspecified atom stereocenters. The topological polar surface area (TPSA) is 46.3 Å². The van der Waals surface area contributed by atoms with Crippen LogP contribution < -0.4 is 5.73 Å². The Labute approximate surface area is 65.3 Å². The number of amides is 1. The number of likely N-dealkylation sites (tertiary alicyclic amines) is 1. The van der Waals surface area contributed by atoms with Crippen molar-refractivity contribution in [3.8, 4) is 0 Å². The second-order valence-electron chi connectivity index (χ2n) is 2.86. The number of nitrogens with two attached hydrogens (primary N) is 1. The third-order valence-corrected chi connectivity index (χ3v) is 1.91. The molecule has 0 bridgehead atoms. The minimum absolute atomic E-state index is 0.124. The number of alkyl halides is 1. The highest BCUT2D eigenvalue weighted by Crippen LogP contribution is 2.12. The molecule has 1 saturated heterocycles. The Morgan fingerprint density at radius 3 is 2.73 bits per heavy atom. The zero-order valence-corrected chi connectivity index (χ0v) is 6.59. The van der Waals surface area contributed by atoms with E-state index in [0.717, 1.165) is 0 Å². The zero-order chi connectivity index (χ0) is 8.43. The molecule has 4 heteroatoms. The highest BCUT2D eigenvalue weighted by molar-refractivity contribution is 5.82. The van der Waals surface area contributed by atoms with Crippen LogP contribution in [0.1, 0.15) is 13.3 Å². The van der Waals surface area contributed by atoms with Crippen molar-refractivity contribution in [2.24, 2.45) is 5.73 Å². The minimum atomic E-state index is -0.831. The maximum absolute atomic E-state index is 12.3. The number of carbonyl (C=O) groups is 1. The number of nitrogens with zero attached hydrogens (tertiary/aromatic N) is 1. The number of carbonyl (C=O) groups excluding carboxylic acids is 1. The van der Waals surface area contributed by atoms with Crippen LogP contribution in [0.3, 0.4) is 0 Å². The average molecular weight is 160 g/mol. The van der Waals surface area contributed by atoms with Crippen LogP contribution in [-0.2, 0) is 4.79 Å². The Morgan fingerprint density at radius 1 is 1.82 bits per heavy atom. The van der Waals surface area contributed by atoms with Crippen LogP contribution in [-0.4, -0.2) is 36.1 Å². The molecule has 0 radical (unpaired) electrons. The second-order valence-corrected chi connectivity index (χ2v) is 2.86. The summed E-state index contributed by atoms with van der Waals surface area (Å²) in [5, 5.41) is 0. The van der Waals surface area contributed by atoms with Crippen molar-refractivity contribution in [1.29, 1.82) is 0 Å². The van der Waals surface area contributed by atoms with Gasteiger partial charge in [0, 0.05) is 0 Å². The summed E-state index contributed by atoms with van der Waals surface area (Å²) in [7, 11) is 0. The molecule has 1 amide bonds. The van der Waals surface area contributed by atoms with Crippen molar-refractivity contribution < 1.29 is 9.18 Å². The predicted molar refractivity (Wildman–Crippen MR) is 39.7 cm³/mol. The van der Waals surface area contributed by atoms with Gasteiger partial charge in [-0.25, -0.2) is 4.39 Å². The largest absolute Gasteiger partial charge is 0.335 e. The lowest BCUT2D eigenvalue weighted by Gasteiger charge is -2.35.